The summed E-state index contributed by atoms with van der Waals surface area (Å²) >= 11 is 35.7. The number of nitrogens with one attached hydrogen (secondary N) is 1. The molecular formula is C25H23Cl6NO8S. The summed E-state index contributed by atoms with van der Waals surface area (Å²) in [6, 6.07) is 17.3. The van der Waals surface area contributed by atoms with Crippen molar-refractivity contribution < 1.29 is 38.0 Å². The molecule has 2 heterocycles. The molecule has 2 aliphatic rings. The number of fused-ring (bicyclic) bond motifs is 1. The first-order valence-electron chi connectivity index (χ1n) is 12.0. The van der Waals surface area contributed by atoms with Crippen molar-refractivity contribution in [1.29, 1.82) is 0 Å². The molecule has 0 unspecified atom stereocenters. The van der Waals surface area contributed by atoms with Crippen molar-refractivity contribution in [2.75, 3.05) is 19.8 Å². The van der Waals surface area contributed by atoms with Gasteiger partial charge in [0, 0.05) is 10.5 Å². The van der Waals surface area contributed by atoms with Gasteiger partial charge in [-0.1, -0.05) is 130 Å². The smallest absolute Gasteiger partial charge is 0.445 e. The number of alkyl carbamates (subject to hydrolysis) is 1. The van der Waals surface area contributed by atoms with Crippen LogP contribution in [0.5, 0.6) is 0 Å². The Morgan fingerprint density at radius 2 is 1.49 bits per heavy atom. The van der Waals surface area contributed by atoms with Crippen LogP contribution in [0.2, 0.25) is 0 Å². The van der Waals surface area contributed by atoms with Crippen molar-refractivity contribution in [3.05, 3.63) is 66.2 Å². The van der Waals surface area contributed by atoms with E-state index in [1.165, 1.54) is 11.8 Å². The topological polar surface area (TPSA) is 102 Å². The molecule has 2 saturated heterocycles. The average Bonchev–Trinajstić information content (AvgIpc) is 2.92. The predicted octanol–water partition coefficient (Wildman–Crippen LogP) is 6.97. The monoisotopic (exact) mass is 707 g/mol. The van der Waals surface area contributed by atoms with Gasteiger partial charge in [0.25, 0.3) is 0 Å². The summed E-state index contributed by atoms with van der Waals surface area (Å²) in [5, 5.41) is 2.66. The van der Waals surface area contributed by atoms with Crippen LogP contribution < -0.4 is 5.32 Å². The normalized spacial score (nSPS) is 26.4. The highest BCUT2D eigenvalue weighted by Crippen LogP contribution is 2.40. The molecule has 2 fully saturated rings. The first kappa shape index (κ1) is 32.9. The van der Waals surface area contributed by atoms with E-state index in [-0.39, 0.29) is 6.61 Å². The molecule has 0 aromatic heterocycles. The lowest BCUT2D eigenvalue weighted by Crippen LogP contribution is -2.66. The van der Waals surface area contributed by atoms with Crippen LogP contribution in [-0.2, 0) is 28.4 Å². The lowest BCUT2D eigenvalue weighted by Gasteiger charge is -2.48. The zero-order valence-corrected chi connectivity index (χ0v) is 26.2. The number of alkyl halides is 6. The van der Waals surface area contributed by atoms with E-state index >= 15 is 0 Å². The zero-order valence-electron chi connectivity index (χ0n) is 20.8. The lowest BCUT2D eigenvalue weighted by molar-refractivity contribution is -0.307. The van der Waals surface area contributed by atoms with E-state index in [1.54, 1.807) is 0 Å². The van der Waals surface area contributed by atoms with E-state index in [4.69, 9.17) is 98.0 Å². The minimum Gasteiger partial charge on any atom is -0.445 e. The van der Waals surface area contributed by atoms with Crippen LogP contribution in [0.3, 0.4) is 0 Å². The Morgan fingerprint density at radius 1 is 0.878 bits per heavy atom. The Morgan fingerprint density at radius 3 is 2.12 bits per heavy atom. The number of carbonyl (C=O) groups is 2. The molecule has 4 rings (SSSR count). The van der Waals surface area contributed by atoms with Gasteiger partial charge >= 0.3 is 12.2 Å². The quantitative estimate of drug-likeness (QED) is 0.241. The Labute approximate surface area is 270 Å². The highest BCUT2D eigenvalue weighted by Gasteiger charge is 2.53. The van der Waals surface area contributed by atoms with Gasteiger partial charge in [0.05, 0.1) is 6.61 Å². The summed E-state index contributed by atoms with van der Waals surface area (Å²) in [7, 11) is 0. The van der Waals surface area contributed by atoms with E-state index in [0.29, 0.717) is 0 Å². The lowest BCUT2D eigenvalue weighted by atomic mass is 9.96. The molecule has 224 valence electrons. The van der Waals surface area contributed by atoms with Gasteiger partial charge < -0.3 is 33.7 Å². The van der Waals surface area contributed by atoms with Crippen molar-refractivity contribution in [3.63, 3.8) is 0 Å². The van der Waals surface area contributed by atoms with Crippen LogP contribution in [0.15, 0.2) is 65.6 Å². The van der Waals surface area contributed by atoms with E-state index in [0.717, 1.165) is 10.5 Å². The van der Waals surface area contributed by atoms with Gasteiger partial charge in [0.2, 0.25) is 7.59 Å². The largest absolute Gasteiger partial charge is 0.508 e. The summed E-state index contributed by atoms with van der Waals surface area (Å²) < 4.78 is 30.6. The van der Waals surface area contributed by atoms with Crippen molar-refractivity contribution in [2.45, 2.75) is 48.6 Å². The number of rotatable bonds is 7. The number of hydrogen-bond donors (Lipinski definition) is 1. The Kier molecular flexibility index (Phi) is 11.7. The van der Waals surface area contributed by atoms with Crippen LogP contribution >= 0.6 is 81.4 Å². The summed E-state index contributed by atoms with van der Waals surface area (Å²) in [6.07, 6.45) is -5.78. The average molecular weight is 710 g/mol. The third-order valence-corrected chi connectivity index (χ3v) is 7.48. The Hall–Kier alpha value is -1.05. The molecule has 9 nitrogen and oxygen atoms in total. The first-order valence-corrected chi connectivity index (χ1v) is 15.1. The van der Waals surface area contributed by atoms with Crippen LogP contribution in [0, 0.1) is 0 Å². The molecule has 2 aromatic carbocycles. The minimum absolute atomic E-state index is 0.0869. The van der Waals surface area contributed by atoms with Crippen molar-refractivity contribution in [3.8, 4) is 0 Å². The second kappa shape index (κ2) is 14.6. The molecule has 0 spiro atoms. The standard InChI is InChI=1S/C25H23Cl6NO8S/c26-24(27,28)12-36-22(33)32-17-19(40-23(34)37-13-25(29,30)31)18-16(38-21(17)41-15-9-5-2-6-10-15)11-35-20(39-18)14-7-3-1-4-8-14/h1-10,16-21H,11-13H2,(H,32,33)/t16-,17-,18+,19-,20+,21+/m1/s1. The van der Waals surface area contributed by atoms with Gasteiger partial charge in [-0.2, -0.15) is 0 Å². The molecule has 1 amide bonds. The number of thioether (sulfide) groups is 1. The maximum Gasteiger partial charge on any atom is 0.508 e. The molecule has 0 bridgehead atoms. The van der Waals surface area contributed by atoms with Crippen molar-refractivity contribution in [1.82, 2.24) is 5.32 Å². The van der Waals surface area contributed by atoms with Crippen LogP contribution in [-0.4, -0.2) is 69.4 Å². The molecule has 0 aliphatic carbocycles. The van der Waals surface area contributed by atoms with E-state index in [9.17, 15) is 9.59 Å². The molecule has 0 saturated carbocycles. The van der Waals surface area contributed by atoms with Crippen LogP contribution in [0.1, 0.15) is 11.9 Å². The van der Waals surface area contributed by atoms with Crippen LogP contribution in [0.25, 0.3) is 0 Å². The van der Waals surface area contributed by atoms with Gasteiger partial charge in [0.1, 0.15) is 36.9 Å². The number of amides is 1. The van der Waals surface area contributed by atoms with Crippen molar-refractivity contribution in [2.24, 2.45) is 0 Å². The molecule has 2 aromatic rings. The SMILES string of the molecule is O=C(N[C@@H]1[C@@H](OC(=O)OCC(Cl)(Cl)Cl)[C@H]2O[C@@H](c3ccccc3)OC[C@H]2O[C@H]1Sc1ccccc1)OCC(Cl)(Cl)Cl. The third kappa shape index (κ3) is 10.3. The molecule has 6 atom stereocenters. The van der Waals surface area contributed by atoms with Gasteiger partial charge in [-0.05, 0) is 12.1 Å². The Bertz CT molecular complexity index is 1160. The van der Waals surface area contributed by atoms with Crippen molar-refractivity contribution >= 4 is 93.6 Å². The van der Waals surface area contributed by atoms with Gasteiger partial charge in [-0.3, -0.25) is 0 Å². The molecule has 1 N–H and O–H groups in total. The number of carbonyl (C=O) groups excluding carboxylic acids is 2. The predicted molar refractivity (Wildman–Crippen MR) is 156 cm³/mol. The Balaban J connectivity index is 1.63. The minimum atomic E-state index is -1.88. The van der Waals surface area contributed by atoms with E-state index in [1.807, 2.05) is 60.7 Å². The fourth-order valence-corrected chi connectivity index (χ4v) is 5.47. The van der Waals surface area contributed by atoms with E-state index in [2.05, 4.69) is 5.32 Å². The highest BCUT2D eigenvalue weighted by molar-refractivity contribution is 7.99. The second-order valence-electron chi connectivity index (χ2n) is 8.75. The zero-order chi connectivity index (χ0) is 29.6. The molecule has 2 aliphatic heterocycles. The molecule has 0 radical (unpaired) electrons. The fourth-order valence-electron chi connectivity index (χ4n) is 3.99. The van der Waals surface area contributed by atoms with Crippen LogP contribution in [0.4, 0.5) is 9.59 Å². The van der Waals surface area contributed by atoms with Gasteiger partial charge in [0.15, 0.2) is 12.4 Å². The first-order chi connectivity index (χ1) is 19.4. The summed E-state index contributed by atoms with van der Waals surface area (Å²) in [5.41, 5.74) is -0.110. The number of ether oxygens (including phenoxy) is 6. The summed E-state index contributed by atoms with van der Waals surface area (Å²) in [5.74, 6) is 0. The summed E-state index contributed by atoms with van der Waals surface area (Å²) in [6.45, 7) is -1.05. The van der Waals surface area contributed by atoms with E-state index < -0.39 is 69.1 Å². The second-order valence-corrected chi connectivity index (χ2v) is 15.0. The maximum absolute atomic E-state index is 12.8. The molecule has 41 heavy (non-hydrogen) atoms. The third-order valence-electron chi connectivity index (χ3n) is 5.64. The van der Waals surface area contributed by atoms with Gasteiger partial charge in [-0.15, -0.1) is 0 Å². The number of halogens is 6. The number of benzene rings is 2. The number of hydrogen-bond acceptors (Lipinski definition) is 9. The molecule has 16 heteroatoms. The fraction of sp³-hybridized carbons (Fsp3) is 0.440. The highest BCUT2D eigenvalue weighted by atomic mass is 35.6. The maximum atomic E-state index is 12.8. The summed E-state index contributed by atoms with van der Waals surface area (Å²) in [4.78, 5) is 26.4. The molecular weight excluding hydrogens is 687 g/mol. The van der Waals surface area contributed by atoms with Gasteiger partial charge in [-0.25, -0.2) is 9.59 Å².